The fourth-order valence-corrected chi connectivity index (χ4v) is 1.88. The molecule has 0 radical (unpaired) electrons. The van der Waals surface area contributed by atoms with Crippen LogP contribution in [0.15, 0.2) is 47.3 Å². The van der Waals surface area contributed by atoms with Crippen molar-refractivity contribution in [3.05, 3.63) is 47.3 Å². The molecule has 22 heavy (non-hydrogen) atoms. The predicted molar refractivity (Wildman–Crippen MR) is 90.5 cm³/mol. The molecule has 0 saturated carbocycles. The molecule has 0 fully saturated rings. The highest BCUT2D eigenvalue weighted by molar-refractivity contribution is 5.73. The monoisotopic (exact) mass is 305 g/mol. The van der Waals surface area contributed by atoms with E-state index in [1.54, 1.807) is 0 Å². The van der Waals surface area contributed by atoms with E-state index in [0.717, 1.165) is 29.0 Å². The second-order valence-electron chi connectivity index (χ2n) is 5.35. The van der Waals surface area contributed by atoms with E-state index >= 15 is 0 Å². The van der Waals surface area contributed by atoms with E-state index in [1.807, 2.05) is 25.3 Å². The number of nitrogens with two attached hydrogens (primary N) is 2. The molecule has 0 aromatic carbocycles. The molecular formula is C16H27N5O. The Labute approximate surface area is 132 Å². The molecule has 1 amide bonds. The van der Waals surface area contributed by atoms with Crippen molar-refractivity contribution in [2.24, 2.45) is 11.5 Å². The molecule has 6 heteroatoms. The molecule has 1 atom stereocenters. The van der Waals surface area contributed by atoms with Gasteiger partial charge in [0.2, 0.25) is 5.91 Å². The molecule has 0 saturated heterocycles. The van der Waals surface area contributed by atoms with Gasteiger partial charge in [-0.3, -0.25) is 10.1 Å². The molecule has 0 aliphatic carbocycles. The van der Waals surface area contributed by atoms with Crippen molar-refractivity contribution >= 4 is 5.91 Å². The largest absolute Gasteiger partial charge is 0.402 e. The van der Waals surface area contributed by atoms with Crippen molar-refractivity contribution in [2.45, 2.75) is 26.4 Å². The summed E-state index contributed by atoms with van der Waals surface area (Å²) in [6, 6.07) is 0. The lowest BCUT2D eigenvalue weighted by molar-refractivity contribution is -0.118. The first-order chi connectivity index (χ1) is 10.4. The van der Waals surface area contributed by atoms with E-state index in [-0.39, 0.29) is 12.1 Å². The van der Waals surface area contributed by atoms with Gasteiger partial charge in [-0.25, -0.2) is 0 Å². The number of carbonyl (C=O) groups excluding carboxylic acids is 1. The van der Waals surface area contributed by atoms with Crippen molar-refractivity contribution in [1.29, 1.82) is 0 Å². The molecule has 1 unspecified atom stereocenters. The summed E-state index contributed by atoms with van der Waals surface area (Å²) in [5.41, 5.74) is 15.3. The van der Waals surface area contributed by atoms with Gasteiger partial charge in [-0.1, -0.05) is 18.7 Å². The lowest BCUT2D eigenvalue weighted by Crippen LogP contribution is -2.49. The summed E-state index contributed by atoms with van der Waals surface area (Å²) < 4.78 is 0. The molecule has 0 spiro atoms. The molecule has 0 aromatic heterocycles. The first-order valence-corrected chi connectivity index (χ1v) is 7.37. The van der Waals surface area contributed by atoms with E-state index in [4.69, 9.17) is 11.5 Å². The van der Waals surface area contributed by atoms with Gasteiger partial charge in [0.25, 0.3) is 0 Å². The topological polar surface area (TPSA) is 105 Å². The molecule has 7 N–H and O–H groups in total. The Morgan fingerprint density at radius 3 is 2.82 bits per heavy atom. The van der Waals surface area contributed by atoms with Crippen LogP contribution in [-0.2, 0) is 4.79 Å². The number of amides is 1. The SMILES string of the molecule is C=C(/C=C\C/C(N)=C(\C)CNC(C)=O)C1=CNC(CN)NC1. The number of nitrogens with one attached hydrogen (secondary N) is 3. The zero-order chi connectivity index (χ0) is 16.5. The minimum absolute atomic E-state index is 0.0592. The first kappa shape index (κ1) is 18.0. The molecule has 122 valence electrons. The van der Waals surface area contributed by atoms with Crippen LogP contribution in [0.3, 0.4) is 0 Å². The third-order valence-corrected chi connectivity index (χ3v) is 3.45. The minimum Gasteiger partial charge on any atom is -0.402 e. The highest BCUT2D eigenvalue weighted by Crippen LogP contribution is 2.12. The van der Waals surface area contributed by atoms with E-state index in [1.165, 1.54) is 6.92 Å². The summed E-state index contributed by atoms with van der Waals surface area (Å²) in [6.07, 6.45) is 6.63. The molecule has 0 aromatic rings. The molecular weight excluding hydrogens is 278 g/mol. The Hall–Kier alpha value is -2.05. The standard InChI is InChI=1S/C16H27N5O/c1-11(14-9-20-16(7-17)21-10-14)5-4-6-15(18)12(2)8-19-13(3)22/h4-5,9,16,20-21H,1,6-8,10,17-18H2,2-3H3,(H,19,22)/b5-4-,15-12-. The normalized spacial score (nSPS) is 19.2. The number of hydrogen-bond acceptors (Lipinski definition) is 5. The maximum absolute atomic E-state index is 10.9. The summed E-state index contributed by atoms with van der Waals surface area (Å²) in [5.74, 6) is -0.0592. The van der Waals surface area contributed by atoms with Crippen LogP contribution in [0.5, 0.6) is 0 Å². The summed E-state index contributed by atoms with van der Waals surface area (Å²) >= 11 is 0. The molecule has 0 bridgehead atoms. The third-order valence-electron chi connectivity index (χ3n) is 3.45. The van der Waals surface area contributed by atoms with Crippen molar-refractivity contribution in [2.75, 3.05) is 19.6 Å². The Kier molecular flexibility index (Phi) is 7.42. The molecule has 1 rings (SSSR count). The highest BCUT2D eigenvalue weighted by atomic mass is 16.1. The second-order valence-corrected chi connectivity index (χ2v) is 5.35. The van der Waals surface area contributed by atoms with Crippen LogP contribution in [0.4, 0.5) is 0 Å². The average Bonchev–Trinajstić information content (AvgIpc) is 2.52. The van der Waals surface area contributed by atoms with Crippen molar-refractivity contribution in [3.63, 3.8) is 0 Å². The quantitative estimate of drug-likeness (QED) is 0.433. The summed E-state index contributed by atoms with van der Waals surface area (Å²) in [4.78, 5) is 10.9. The summed E-state index contributed by atoms with van der Waals surface area (Å²) in [5, 5.41) is 9.18. The van der Waals surface area contributed by atoms with Gasteiger partial charge < -0.3 is 22.1 Å². The predicted octanol–water partition coefficient (Wildman–Crippen LogP) is 0.219. The third kappa shape index (κ3) is 6.15. The second kappa shape index (κ2) is 9.07. The van der Waals surface area contributed by atoms with Crippen molar-refractivity contribution < 1.29 is 4.79 Å². The molecule has 1 heterocycles. The maximum Gasteiger partial charge on any atom is 0.217 e. The highest BCUT2D eigenvalue weighted by Gasteiger charge is 2.11. The number of rotatable bonds is 7. The zero-order valence-electron chi connectivity index (χ0n) is 13.4. The van der Waals surface area contributed by atoms with E-state index in [9.17, 15) is 4.79 Å². The van der Waals surface area contributed by atoms with Crippen LogP contribution >= 0.6 is 0 Å². The lowest BCUT2D eigenvalue weighted by Gasteiger charge is -2.24. The van der Waals surface area contributed by atoms with Crippen molar-refractivity contribution in [3.8, 4) is 0 Å². The van der Waals surface area contributed by atoms with Gasteiger partial charge >= 0.3 is 0 Å². The van der Waals surface area contributed by atoms with Gasteiger partial charge in [0.1, 0.15) is 0 Å². The first-order valence-electron chi connectivity index (χ1n) is 7.37. The Morgan fingerprint density at radius 2 is 2.27 bits per heavy atom. The van der Waals surface area contributed by atoms with Crippen LogP contribution in [0.25, 0.3) is 0 Å². The summed E-state index contributed by atoms with van der Waals surface area (Å²) in [6.45, 7) is 9.22. The Morgan fingerprint density at radius 1 is 1.55 bits per heavy atom. The van der Waals surface area contributed by atoms with Gasteiger partial charge in [-0.2, -0.15) is 0 Å². The van der Waals surface area contributed by atoms with Gasteiger partial charge in [0, 0.05) is 44.9 Å². The average molecular weight is 305 g/mol. The van der Waals surface area contributed by atoms with Crippen LogP contribution in [0.2, 0.25) is 0 Å². The van der Waals surface area contributed by atoms with Crippen molar-refractivity contribution in [1.82, 2.24) is 16.0 Å². The van der Waals surface area contributed by atoms with Crippen LogP contribution in [-0.4, -0.2) is 31.7 Å². The Bertz CT molecular complexity index is 505. The van der Waals surface area contributed by atoms with E-state index < -0.39 is 0 Å². The Balaban J connectivity index is 2.48. The number of carbonyl (C=O) groups is 1. The zero-order valence-corrected chi connectivity index (χ0v) is 13.4. The van der Waals surface area contributed by atoms with Crippen LogP contribution in [0, 0.1) is 0 Å². The summed E-state index contributed by atoms with van der Waals surface area (Å²) in [7, 11) is 0. The lowest BCUT2D eigenvalue weighted by atomic mass is 10.1. The van der Waals surface area contributed by atoms with Gasteiger partial charge in [-0.05, 0) is 23.6 Å². The number of allylic oxidation sites excluding steroid dienone is 2. The van der Waals surface area contributed by atoms with Gasteiger partial charge in [0.05, 0.1) is 6.17 Å². The smallest absolute Gasteiger partial charge is 0.217 e. The van der Waals surface area contributed by atoms with Gasteiger partial charge in [0.15, 0.2) is 0 Å². The van der Waals surface area contributed by atoms with E-state index in [2.05, 4.69) is 22.5 Å². The molecule has 1 aliphatic rings. The number of hydrogen-bond donors (Lipinski definition) is 5. The van der Waals surface area contributed by atoms with Crippen LogP contribution < -0.4 is 27.4 Å². The molecule has 6 nitrogen and oxygen atoms in total. The molecule has 1 aliphatic heterocycles. The minimum atomic E-state index is -0.0592. The fraction of sp³-hybridized carbons (Fsp3) is 0.438. The van der Waals surface area contributed by atoms with Gasteiger partial charge in [-0.15, -0.1) is 0 Å². The van der Waals surface area contributed by atoms with Crippen LogP contribution in [0.1, 0.15) is 20.3 Å². The van der Waals surface area contributed by atoms with E-state index in [0.29, 0.717) is 19.5 Å². The fourth-order valence-electron chi connectivity index (χ4n) is 1.88. The maximum atomic E-state index is 10.9.